The molecule has 1 atom stereocenters. The van der Waals surface area contributed by atoms with E-state index in [1.54, 1.807) is 7.11 Å². The highest BCUT2D eigenvalue weighted by Gasteiger charge is 2.37. The van der Waals surface area contributed by atoms with E-state index in [2.05, 4.69) is 13.8 Å². The van der Waals surface area contributed by atoms with E-state index in [0.29, 0.717) is 0 Å². The number of rotatable bonds is 3. The number of hydrogen-bond donors (Lipinski definition) is 1. The van der Waals surface area contributed by atoms with Gasteiger partial charge in [0.1, 0.15) is 0 Å². The van der Waals surface area contributed by atoms with Crippen LogP contribution >= 0.6 is 0 Å². The van der Waals surface area contributed by atoms with Gasteiger partial charge in [-0.25, -0.2) is 0 Å². The summed E-state index contributed by atoms with van der Waals surface area (Å²) in [5.41, 5.74) is 6.11. The fourth-order valence-corrected chi connectivity index (χ4v) is 2.04. The fourth-order valence-electron chi connectivity index (χ4n) is 2.04. The highest BCUT2D eigenvalue weighted by molar-refractivity contribution is 4.93. The molecule has 1 fully saturated rings. The first-order valence-corrected chi connectivity index (χ1v) is 4.89. The second-order valence-corrected chi connectivity index (χ2v) is 4.64. The van der Waals surface area contributed by atoms with Crippen LogP contribution in [0.1, 0.15) is 33.1 Å². The van der Waals surface area contributed by atoms with Crippen molar-refractivity contribution in [1.82, 2.24) is 0 Å². The number of methoxy groups -OCH3 is 1. The molecule has 0 spiro atoms. The van der Waals surface area contributed by atoms with Crippen molar-refractivity contribution in [3.8, 4) is 0 Å². The van der Waals surface area contributed by atoms with Crippen molar-refractivity contribution in [3.05, 3.63) is 0 Å². The molecule has 78 valence electrons. The van der Waals surface area contributed by atoms with Crippen LogP contribution in [0.15, 0.2) is 0 Å². The standard InChI is InChI=1S/C10H21NO2/c1-9(2)8-10(11,4-6-12-3)5-7-13-9/h4-8,11H2,1-3H3. The smallest absolute Gasteiger partial charge is 0.0644 e. The first kappa shape index (κ1) is 11.0. The van der Waals surface area contributed by atoms with E-state index in [9.17, 15) is 0 Å². The van der Waals surface area contributed by atoms with Gasteiger partial charge in [0.15, 0.2) is 0 Å². The third-order valence-corrected chi connectivity index (χ3v) is 2.67. The van der Waals surface area contributed by atoms with E-state index < -0.39 is 0 Å². The molecule has 0 aromatic heterocycles. The van der Waals surface area contributed by atoms with Gasteiger partial charge >= 0.3 is 0 Å². The monoisotopic (exact) mass is 187 g/mol. The number of hydrogen-bond acceptors (Lipinski definition) is 3. The zero-order valence-electron chi connectivity index (χ0n) is 8.93. The first-order chi connectivity index (χ1) is 5.97. The van der Waals surface area contributed by atoms with Crippen LogP contribution in [0.2, 0.25) is 0 Å². The lowest BCUT2D eigenvalue weighted by Gasteiger charge is -2.42. The van der Waals surface area contributed by atoms with Crippen LogP contribution < -0.4 is 5.73 Å². The minimum atomic E-state index is -0.0856. The largest absolute Gasteiger partial charge is 0.385 e. The van der Waals surface area contributed by atoms with E-state index >= 15 is 0 Å². The van der Waals surface area contributed by atoms with Gasteiger partial charge < -0.3 is 15.2 Å². The summed E-state index contributed by atoms with van der Waals surface area (Å²) in [6.07, 6.45) is 2.79. The molecule has 3 heteroatoms. The molecule has 1 rings (SSSR count). The van der Waals surface area contributed by atoms with Gasteiger partial charge in [-0.05, 0) is 33.1 Å². The summed E-state index contributed by atoms with van der Waals surface area (Å²) in [6, 6.07) is 0. The van der Waals surface area contributed by atoms with Gasteiger partial charge in [0, 0.05) is 25.9 Å². The highest BCUT2D eigenvalue weighted by Crippen LogP contribution is 2.32. The number of ether oxygens (including phenoxy) is 2. The van der Waals surface area contributed by atoms with Crippen LogP contribution in [-0.2, 0) is 9.47 Å². The lowest BCUT2D eigenvalue weighted by molar-refractivity contribution is -0.0838. The summed E-state index contributed by atoms with van der Waals surface area (Å²) in [7, 11) is 1.72. The summed E-state index contributed by atoms with van der Waals surface area (Å²) in [4.78, 5) is 0. The Kier molecular flexibility index (Phi) is 3.33. The molecule has 0 aromatic carbocycles. The van der Waals surface area contributed by atoms with Crippen LogP contribution in [0.5, 0.6) is 0 Å². The molecule has 1 unspecified atom stereocenters. The average molecular weight is 187 g/mol. The fraction of sp³-hybridized carbons (Fsp3) is 1.00. The molecule has 13 heavy (non-hydrogen) atoms. The highest BCUT2D eigenvalue weighted by atomic mass is 16.5. The third kappa shape index (κ3) is 3.25. The summed E-state index contributed by atoms with van der Waals surface area (Å²) >= 11 is 0. The van der Waals surface area contributed by atoms with Crippen molar-refractivity contribution in [2.24, 2.45) is 5.73 Å². The Morgan fingerprint density at radius 1 is 1.46 bits per heavy atom. The second-order valence-electron chi connectivity index (χ2n) is 4.64. The Hall–Kier alpha value is -0.120. The van der Waals surface area contributed by atoms with Gasteiger partial charge in [0.25, 0.3) is 0 Å². The molecule has 0 radical (unpaired) electrons. The minimum Gasteiger partial charge on any atom is -0.385 e. The van der Waals surface area contributed by atoms with Crippen LogP contribution in [0.25, 0.3) is 0 Å². The molecule has 0 saturated carbocycles. The quantitative estimate of drug-likeness (QED) is 0.724. The van der Waals surface area contributed by atoms with E-state index in [1.807, 2.05) is 0 Å². The Labute approximate surface area is 80.6 Å². The van der Waals surface area contributed by atoms with Crippen LogP contribution in [0, 0.1) is 0 Å². The van der Waals surface area contributed by atoms with Gasteiger partial charge in [-0.3, -0.25) is 0 Å². The van der Waals surface area contributed by atoms with Crippen molar-refractivity contribution >= 4 is 0 Å². The van der Waals surface area contributed by atoms with Crippen molar-refractivity contribution in [3.63, 3.8) is 0 Å². The van der Waals surface area contributed by atoms with E-state index in [-0.39, 0.29) is 11.1 Å². The lowest BCUT2D eigenvalue weighted by Crippen LogP contribution is -2.52. The van der Waals surface area contributed by atoms with Gasteiger partial charge in [-0.2, -0.15) is 0 Å². The second kappa shape index (κ2) is 3.95. The molecule has 1 heterocycles. The van der Waals surface area contributed by atoms with E-state index in [4.69, 9.17) is 15.2 Å². The molecule has 3 nitrogen and oxygen atoms in total. The van der Waals surface area contributed by atoms with E-state index in [0.717, 1.165) is 32.5 Å². The van der Waals surface area contributed by atoms with Gasteiger partial charge in [-0.1, -0.05) is 0 Å². The van der Waals surface area contributed by atoms with Crippen molar-refractivity contribution in [2.75, 3.05) is 20.3 Å². The molecule has 2 N–H and O–H groups in total. The molecule has 0 aromatic rings. The maximum Gasteiger partial charge on any atom is 0.0644 e. The molecule has 0 amide bonds. The molecular weight excluding hydrogens is 166 g/mol. The zero-order valence-corrected chi connectivity index (χ0v) is 8.93. The maximum absolute atomic E-state index is 6.26. The summed E-state index contributed by atoms with van der Waals surface area (Å²) < 4.78 is 10.7. The van der Waals surface area contributed by atoms with Gasteiger partial charge in [-0.15, -0.1) is 0 Å². The van der Waals surface area contributed by atoms with Crippen LogP contribution in [0.4, 0.5) is 0 Å². The summed E-state index contributed by atoms with van der Waals surface area (Å²) in [5, 5.41) is 0. The molecule has 1 aliphatic heterocycles. The zero-order chi connectivity index (χ0) is 9.95. The Morgan fingerprint density at radius 2 is 2.15 bits per heavy atom. The normalized spacial score (nSPS) is 33.2. The topological polar surface area (TPSA) is 44.5 Å². The van der Waals surface area contributed by atoms with Crippen LogP contribution in [0.3, 0.4) is 0 Å². The van der Waals surface area contributed by atoms with Crippen molar-refractivity contribution < 1.29 is 9.47 Å². The predicted molar refractivity (Wildman–Crippen MR) is 52.7 cm³/mol. The number of nitrogens with two attached hydrogens (primary N) is 1. The molecular formula is C10H21NO2. The average Bonchev–Trinajstić information content (AvgIpc) is 1.98. The molecule has 0 bridgehead atoms. The predicted octanol–water partition coefficient (Wildman–Crippen LogP) is 1.31. The Morgan fingerprint density at radius 3 is 2.69 bits per heavy atom. The Bertz CT molecular complexity index is 170. The molecule has 0 aliphatic carbocycles. The molecule has 1 saturated heterocycles. The van der Waals surface area contributed by atoms with Crippen LogP contribution in [-0.4, -0.2) is 31.5 Å². The van der Waals surface area contributed by atoms with Crippen molar-refractivity contribution in [1.29, 1.82) is 0 Å². The lowest BCUT2D eigenvalue weighted by atomic mass is 9.80. The summed E-state index contributed by atoms with van der Waals surface area (Å²) in [5.74, 6) is 0. The van der Waals surface area contributed by atoms with Gasteiger partial charge in [0.05, 0.1) is 5.60 Å². The van der Waals surface area contributed by atoms with Crippen molar-refractivity contribution in [2.45, 2.75) is 44.2 Å². The minimum absolute atomic E-state index is 0.0687. The Balaban J connectivity index is 2.47. The third-order valence-electron chi connectivity index (χ3n) is 2.67. The van der Waals surface area contributed by atoms with E-state index in [1.165, 1.54) is 0 Å². The van der Waals surface area contributed by atoms with Gasteiger partial charge in [0.2, 0.25) is 0 Å². The molecule has 1 aliphatic rings. The SMILES string of the molecule is COCCC1(N)CCOC(C)(C)C1. The maximum atomic E-state index is 6.26. The first-order valence-electron chi connectivity index (χ1n) is 4.89. The summed E-state index contributed by atoms with van der Waals surface area (Å²) in [6.45, 7) is 5.71.